The Morgan fingerprint density at radius 2 is 1.83 bits per heavy atom. The molecular weight excluding hydrogens is 296 g/mol. The molecule has 0 aliphatic carbocycles. The number of rotatable bonds is 6. The van der Waals surface area contributed by atoms with Crippen molar-refractivity contribution in [2.24, 2.45) is 0 Å². The highest BCUT2D eigenvalue weighted by atomic mass is 16.6. The zero-order valence-electron chi connectivity index (χ0n) is 15.4. The molecule has 0 aromatic heterocycles. The highest BCUT2D eigenvalue weighted by Crippen LogP contribution is 2.15. The summed E-state index contributed by atoms with van der Waals surface area (Å²) < 4.78 is 9.25. The Labute approximate surface area is 140 Å². The number of hydrogen-bond acceptors (Lipinski definition) is 5. The van der Waals surface area contributed by atoms with Gasteiger partial charge in [0.2, 0.25) is 0 Å². The molecule has 0 aromatic carbocycles. The van der Waals surface area contributed by atoms with Gasteiger partial charge in [-0.2, -0.15) is 0 Å². The number of likely N-dealkylation sites (tertiary alicyclic amines) is 1. The number of piperidine rings is 1. The molecule has 1 amide bonds. The van der Waals surface area contributed by atoms with Gasteiger partial charge in [-0.25, -0.2) is 4.79 Å². The molecule has 0 atom stereocenters. The van der Waals surface area contributed by atoms with Crippen LogP contribution in [0.4, 0.5) is 4.79 Å². The average molecular weight is 330 g/mol. The van der Waals surface area contributed by atoms with Crippen LogP contribution in [-0.4, -0.2) is 55.9 Å². The summed E-state index contributed by atoms with van der Waals surface area (Å²) in [6, 6.07) is 0.565. The van der Waals surface area contributed by atoms with Crippen LogP contribution in [0, 0.1) is 0 Å². The predicted molar refractivity (Wildman–Crippen MR) is 91.4 cm³/mol. The van der Waals surface area contributed by atoms with Crippen LogP contribution in [-0.2, 0) is 14.3 Å². The van der Waals surface area contributed by atoms with E-state index < -0.39 is 5.60 Å². The lowest BCUT2D eigenvalue weighted by atomic mass is 10.1. The van der Waals surface area contributed by atoms with Crippen molar-refractivity contribution in [1.82, 2.24) is 10.2 Å². The van der Waals surface area contributed by atoms with Gasteiger partial charge in [-0.05, 0) is 46.6 Å². The monoisotopic (exact) mass is 330 g/mol. The van der Waals surface area contributed by atoms with Crippen LogP contribution in [0.2, 0.25) is 0 Å². The number of methoxy groups -OCH3 is 1. The summed E-state index contributed by atoms with van der Waals surface area (Å²) in [6.45, 7) is 11.0. The molecule has 23 heavy (non-hydrogen) atoms. The van der Waals surface area contributed by atoms with Gasteiger partial charge in [-0.3, -0.25) is 4.79 Å². The normalized spacial score (nSPS) is 15.4. The van der Waals surface area contributed by atoms with Gasteiger partial charge in [-0.15, -0.1) is 0 Å². The van der Waals surface area contributed by atoms with Gasteiger partial charge >= 0.3 is 6.09 Å². The van der Waals surface area contributed by atoms with Crippen LogP contribution in [0.25, 0.3) is 0 Å². The maximum Gasteiger partial charge on any atom is 0.410 e. The Kier molecular flexibility index (Phi) is 11.5. The maximum atomic E-state index is 11.9. The van der Waals surface area contributed by atoms with E-state index in [0.717, 1.165) is 32.5 Å². The molecular formula is C17H34N2O4. The summed E-state index contributed by atoms with van der Waals surface area (Å²) in [4.78, 5) is 22.7. The Bertz CT molecular complexity index is 321. The maximum absolute atomic E-state index is 11.9. The van der Waals surface area contributed by atoms with Gasteiger partial charge in [0.25, 0.3) is 6.47 Å². The third-order valence-electron chi connectivity index (χ3n) is 3.46. The van der Waals surface area contributed by atoms with Gasteiger partial charge in [0.05, 0.1) is 7.11 Å². The number of ether oxygens (including phenoxy) is 2. The molecule has 1 heterocycles. The number of nitrogens with one attached hydrogen (secondary N) is 1. The predicted octanol–water partition coefficient (Wildman–Crippen LogP) is 2.95. The van der Waals surface area contributed by atoms with Crippen LogP contribution in [0.5, 0.6) is 0 Å². The topological polar surface area (TPSA) is 67.9 Å². The number of carbonyl (C=O) groups is 2. The highest BCUT2D eigenvalue weighted by Gasteiger charge is 2.26. The van der Waals surface area contributed by atoms with Gasteiger partial charge in [-0.1, -0.05) is 19.8 Å². The van der Waals surface area contributed by atoms with E-state index in [1.54, 1.807) is 0 Å². The van der Waals surface area contributed by atoms with Crippen molar-refractivity contribution in [2.45, 2.75) is 71.4 Å². The molecule has 1 fully saturated rings. The number of nitrogens with zero attached hydrogens (tertiary/aromatic N) is 1. The molecule has 1 rings (SSSR count). The fourth-order valence-electron chi connectivity index (χ4n) is 2.27. The van der Waals surface area contributed by atoms with Crippen molar-refractivity contribution in [1.29, 1.82) is 0 Å². The van der Waals surface area contributed by atoms with Crippen LogP contribution in [0.1, 0.15) is 59.8 Å². The summed E-state index contributed by atoms with van der Waals surface area (Å²) in [5, 5.41) is 3.59. The first-order valence-corrected chi connectivity index (χ1v) is 8.51. The molecule has 6 nitrogen and oxygen atoms in total. The van der Waals surface area contributed by atoms with Gasteiger partial charge in [0.15, 0.2) is 0 Å². The largest absolute Gasteiger partial charge is 0.471 e. The van der Waals surface area contributed by atoms with E-state index in [0.29, 0.717) is 12.5 Å². The molecule has 1 aliphatic rings. The van der Waals surface area contributed by atoms with Crippen molar-refractivity contribution in [3.63, 3.8) is 0 Å². The van der Waals surface area contributed by atoms with Crippen LogP contribution < -0.4 is 5.32 Å². The highest BCUT2D eigenvalue weighted by molar-refractivity contribution is 5.68. The van der Waals surface area contributed by atoms with E-state index in [1.165, 1.54) is 26.4 Å². The van der Waals surface area contributed by atoms with Crippen LogP contribution in [0.3, 0.4) is 0 Å². The SMILES string of the molecule is CCCCCNC1CCN(C(=O)OC(C)(C)C)CC1.COC=O. The standard InChI is InChI=1S/C15H30N2O2.C2H4O2/c1-5-6-7-10-16-13-8-11-17(12-9-13)14(18)19-15(2,3)4;1-4-2-3/h13,16H,5-12H2,1-4H3;2H,1H3. The second kappa shape index (κ2) is 12.2. The number of amides is 1. The van der Waals surface area contributed by atoms with E-state index >= 15 is 0 Å². The summed E-state index contributed by atoms with van der Waals surface area (Å²) in [5.74, 6) is 0. The van der Waals surface area contributed by atoms with Crippen molar-refractivity contribution in [3.8, 4) is 0 Å². The second-order valence-electron chi connectivity index (χ2n) is 6.73. The third-order valence-corrected chi connectivity index (χ3v) is 3.46. The Morgan fingerprint density at radius 1 is 1.26 bits per heavy atom. The summed E-state index contributed by atoms with van der Waals surface area (Å²) in [7, 11) is 1.31. The fourth-order valence-corrected chi connectivity index (χ4v) is 2.27. The summed E-state index contributed by atoms with van der Waals surface area (Å²) >= 11 is 0. The number of unbranched alkanes of at least 4 members (excludes halogenated alkanes) is 2. The first kappa shape index (κ1) is 21.7. The van der Waals surface area contributed by atoms with Gasteiger partial charge in [0, 0.05) is 19.1 Å². The lowest BCUT2D eigenvalue weighted by molar-refractivity contribution is -0.126. The van der Waals surface area contributed by atoms with Crippen LogP contribution >= 0.6 is 0 Å². The zero-order valence-corrected chi connectivity index (χ0v) is 15.4. The van der Waals surface area contributed by atoms with E-state index in [2.05, 4.69) is 17.0 Å². The van der Waals surface area contributed by atoms with Gasteiger partial charge < -0.3 is 19.7 Å². The van der Waals surface area contributed by atoms with Crippen LogP contribution in [0.15, 0.2) is 0 Å². The Hall–Kier alpha value is -1.30. The lowest BCUT2D eigenvalue weighted by Gasteiger charge is -2.33. The first-order valence-electron chi connectivity index (χ1n) is 8.51. The van der Waals surface area contributed by atoms with Gasteiger partial charge in [0.1, 0.15) is 5.60 Å². The van der Waals surface area contributed by atoms with E-state index in [9.17, 15) is 4.79 Å². The van der Waals surface area contributed by atoms with Crippen molar-refractivity contribution in [3.05, 3.63) is 0 Å². The minimum atomic E-state index is -0.396. The lowest BCUT2D eigenvalue weighted by Crippen LogP contribution is -2.46. The Morgan fingerprint density at radius 3 is 2.26 bits per heavy atom. The molecule has 0 aromatic rings. The molecule has 0 bridgehead atoms. The van der Waals surface area contributed by atoms with E-state index in [1.807, 2.05) is 25.7 Å². The average Bonchev–Trinajstić information content (AvgIpc) is 2.51. The minimum absolute atomic E-state index is 0.170. The molecule has 1 saturated heterocycles. The van der Waals surface area contributed by atoms with Crippen molar-refractivity contribution in [2.75, 3.05) is 26.7 Å². The summed E-state index contributed by atoms with van der Waals surface area (Å²) in [6.07, 6.45) is 5.71. The Balaban J connectivity index is 0.00000108. The summed E-state index contributed by atoms with van der Waals surface area (Å²) in [5.41, 5.74) is -0.396. The van der Waals surface area contributed by atoms with E-state index in [4.69, 9.17) is 9.53 Å². The minimum Gasteiger partial charge on any atom is -0.471 e. The molecule has 1 aliphatic heterocycles. The van der Waals surface area contributed by atoms with Crippen molar-refractivity contribution < 1.29 is 19.1 Å². The van der Waals surface area contributed by atoms with Crippen molar-refractivity contribution >= 4 is 12.6 Å². The zero-order chi connectivity index (χ0) is 17.7. The third kappa shape index (κ3) is 11.9. The number of carbonyl (C=O) groups excluding carboxylic acids is 2. The first-order chi connectivity index (χ1) is 10.8. The molecule has 136 valence electrons. The van der Waals surface area contributed by atoms with E-state index in [-0.39, 0.29) is 6.09 Å². The quantitative estimate of drug-likeness (QED) is 0.599. The molecule has 0 spiro atoms. The smallest absolute Gasteiger partial charge is 0.410 e. The molecule has 6 heteroatoms. The number of hydrogen-bond donors (Lipinski definition) is 1. The molecule has 0 radical (unpaired) electrons. The molecule has 0 saturated carbocycles. The fraction of sp³-hybridized carbons (Fsp3) is 0.882. The second-order valence-corrected chi connectivity index (χ2v) is 6.73. The molecule has 1 N–H and O–H groups in total. The molecule has 0 unspecified atom stereocenters.